The van der Waals surface area contributed by atoms with E-state index >= 15 is 0 Å². The fraction of sp³-hybridized carbons (Fsp3) is 0.500. The molecule has 3 N–H and O–H groups in total. The summed E-state index contributed by atoms with van der Waals surface area (Å²) in [6.45, 7) is 0.00385. The van der Waals surface area contributed by atoms with E-state index in [1.165, 1.54) is 0 Å². The number of nitrogens with zero attached hydrogens (tertiary/aromatic N) is 1. The van der Waals surface area contributed by atoms with Crippen LogP contribution in [0, 0.1) is 5.92 Å². The van der Waals surface area contributed by atoms with E-state index in [1.54, 1.807) is 0 Å². The molecule has 0 aliphatic heterocycles. The van der Waals surface area contributed by atoms with Gasteiger partial charge in [-0.05, 0) is 30.9 Å². The fourth-order valence-electron chi connectivity index (χ4n) is 2.01. The largest absolute Gasteiger partial charge is 0.491 e. The van der Waals surface area contributed by atoms with Crippen LogP contribution in [0.4, 0.5) is 5.69 Å². The average Bonchev–Trinajstić information content (AvgIpc) is 3.20. The lowest BCUT2D eigenvalue weighted by Crippen LogP contribution is -2.54. The molecule has 1 fully saturated rings. The van der Waals surface area contributed by atoms with Crippen molar-refractivity contribution in [2.45, 2.75) is 18.4 Å². The number of hydrogen-bond acceptors (Lipinski definition) is 4. The van der Waals surface area contributed by atoms with Crippen molar-refractivity contribution in [3.05, 3.63) is 24.3 Å². The summed E-state index contributed by atoms with van der Waals surface area (Å²) in [6, 6.07) is 7.51. The second kappa shape index (κ2) is 5.09. The number of carboxylic acids is 1. The van der Waals surface area contributed by atoms with Crippen LogP contribution in [0.25, 0.3) is 0 Å². The Labute approximate surface area is 113 Å². The lowest BCUT2D eigenvalue weighted by Gasteiger charge is -2.24. The molecule has 1 aromatic carbocycles. The highest BCUT2D eigenvalue weighted by atomic mass is 16.5. The quantitative estimate of drug-likeness (QED) is 0.810. The van der Waals surface area contributed by atoms with Crippen molar-refractivity contribution in [3.63, 3.8) is 0 Å². The number of ether oxygens (including phenoxy) is 1. The van der Waals surface area contributed by atoms with Crippen LogP contribution in [0.3, 0.4) is 0 Å². The van der Waals surface area contributed by atoms with Crippen molar-refractivity contribution in [2.75, 3.05) is 25.6 Å². The minimum Gasteiger partial charge on any atom is -0.491 e. The molecule has 1 aliphatic rings. The van der Waals surface area contributed by atoms with Gasteiger partial charge in [-0.25, -0.2) is 0 Å². The molecule has 0 saturated heterocycles. The van der Waals surface area contributed by atoms with E-state index in [0.29, 0.717) is 5.75 Å². The molecule has 0 spiro atoms. The van der Waals surface area contributed by atoms with Gasteiger partial charge in [-0.1, -0.05) is 6.07 Å². The summed E-state index contributed by atoms with van der Waals surface area (Å²) in [4.78, 5) is 13.2. The molecule has 5 nitrogen and oxygen atoms in total. The Hall–Kier alpha value is -1.75. The van der Waals surface area contributed by atoms with Crippen LogP contribution in [0.1, 0.15) is 12.8 Å². The van der Waals surface area contributed by atoms with E-state index in [0.717, 1.165) is 18.5 Å². The Morgan fingerprint density at radius 2 is 2.21 bits per heavy atom. The van der Waals surface area contributed by atoms with Gasteiger partial charge in [0.05, 0.1) is 0 Å². The first-order valence-corrected chi connectivity index (χ1v) is 6.36. The standard InChI is InChI=1S/C14H20N2O3/c1-16(2)11-4-3-5-12(8-11)19-9-14(15,13(17)18)10-6-7-10/h3-5,8,10H,6-7,9,15H2,1-2H3,(H,17,18). The SMILES string of the molecule is CN(C)c1cccc(OCC(N)(C(=O)O)C2CC2)c1. The Balaban J connectivity index is 2.05. The number of benzene rings is 1. The zero-order chi connectivity index (χ0) is 14.0. The van der Waals surface area contributed by atoms with Gasteiger partial charge in [-0.15, -0.1) is 0 Å². The molecule has 5 heteroatoms. The number of anilines is 1. The molecule has 1 aliphatic carbocycles. The van der Waals surface area contributed by atoms with E-state index < -0.39 is 11.5 Å². The van der Waals surface area contributed by atoms with Crippen LogP contribution < -0.4 is 15.4 Å². The van der Waals surface area contributed by atoms with Crippen molar-refractivity contribution in [3.8, 4) is 5.75 Å². The highest BCUT2D eigenvalue weighted by molar-refractivity contribution is 5.79. The summed E-state index contributed by atoms with van der Waals surface area (Å²) in [5.41, 5.74) is 5.69. The summed E-state index contributed by atoms with van der Waals surface area (Å²) in [5, 5.41) is 9.25. The Bertz CT molecular complexity index is 472. The molecule has 0 amide bonds. The van der Waals surface area contributed by atoms with E-state index in [4.69, 9.17) is 10.5 Å². The summed E-state index contributed by atoms with van der Waals surface area (Å²) < 4.78 is 5.59. The molecule has 104 valence electrons. The van der Waals surface area contributed by atoms with Crippen LogP contribution in [0.2, 0.25) is 0 Å². The molecule has 0 radical (unpaired) electrons. The predicted molar refractivity (Wildman–Crippen MR) is 73.5 cm³/mol. The highest BCUT2D eigenvalue weighted by Crippen LogP contribution is 2.38. The average molecular weight is 264 g/mol. The number of nitrogens with two attached hydrogens (primary N) is 1. The molecular formula is C14H20N2O3. The van der Waals surface area contributed by atoms with Gasteiger partial charge in [-0.3, -0.25) is 4.79 Å². The third-order valence-electron chi connectivity index (χ3n) is 3.52. The van der Waals surface area contributed by atoms with Gasteiger partial charge in [0, 0.05) is 25.8 Å². The van der Waals surface area contributed by atoms with E-state index in [9.17, 15) is 9.90 Å². The molecule has 1 unspecified atom stereocenters. The van der Waals surface area contributed by atoms with Crippen LogP contribution in [0.5, 0.6) is 5.75 Å². The number of carboxylic acid groups (broad SMARTS) is 1. The molecule has 19 heavy (non-hydrogen) atoms. The van der Waals surface area contributed by atoms with Gasteiger partial charge in [0.1, 0.15) is 12.4 Å². The number of carbonyl (C=O) groups is 1. The van der Waals surface area contributed by atoms with Crippen molar-refractivity contribution in [1.29, 1.82) is 0 Å². The molecule has 0 heterocycles. The maximum Gasteiger partial charge on any atom is 0.327 e. The molecule has 1 saturated carbocycles. The summed E-state index contributed by atoms with van der Waals surface area (Å²) in [7, 11) is 3.88. The number of hydrogen-bond donors (Lipinski definition) is 2. The predicted octanol–water partition coefficient (Wildman–Crippen LogP) is 1.32. The fourth-order valence-corrected chi connectivity index (χ4v) is 2.01. The molecule has 0 bridgehead atoms. The maximum absolute atomic E-state index is 11.3. The topological polar surface area (TPSA) is 75.8 Å². The first kappa shape index (κ1) is 13.7. The third kappa shape index (κ3) is 2.98. The van der Waals surface area contributed by atoms with Gasteiger partial charge < -0.3 is 20.5 Å². The van der Waals surface area contributed by atoms with Crippen LogP contribution >= 0.6 is 0 Å². The van der Waals surface area contributed by atoms with Crippen molar-refractivity contribution in [2.24, 2.45) is 11.7 Å². The van der Waals surface area contributed by atoms with Gasteiger partial charge in [0.2, 0.25) is 0 Å². The normalized spacial score (nSPS) is 17.6. The van der Waals surface area contributed by atoms with Gasteiger partial charge >= 0.3 is 5.97 Å². The third-order valence-corrected chi connectivity index (χ3v) is 3.52. The van der Waals surface area contributed by atoms with Crippen LogP contribution in [0.15, 0.2) is 24.3 Å². The monoisotopic (exact) mass is 264 g/mol. The van der Waals surface area contributed by atoms with Crippen molar-refractivity contribution >= 4 is 11.7 Å². The van der Waals surface area contributed by atoms with E-state index in [1.807, 2.05) is 43.3 Å². The smallest absolute Gasteiger partial charge is 0.327 e. The zero-order valence-corrected chi connectivity index (χ0v) is 11.3. The van der Waals surface area contributed by atoms with Crippen LogP contribution in [-0.2, 0) is 4.79 Å². The number of aliphatic carboxylic acids is 1. The Morgan fingerprint density at radius 3 is 2.74 bits per heavy atom. The number of rotatable bonds is 6. The van der Waals surface area contributed by atoms with E-state index in [2.05, 4.69) is 0 Å². The van der Waals surface area contributed by atoms with E-state index in [-0.39, 0.29) is 12.5 Å². The molecule has 1 aromatic rings. The minimum absolute atomic E-state index is 0.00385. The lowest BCUT2D eigenvalue weighted by atomic mass is 9.96. The maximum atomic E-state index is 11.3. The minimum atomic E-state index is -1.27. The molecule has 1 atom stereocenters. The molecule has 2 rings (SSSR count). The second-order valence-electron chi connectivity index (χ2n) is 5.30. The lowest BCUT2D eigenvalue weighted by molar-refractivity contribution is -0.145. The Morgan fingerprint density at radius 1 is 1.53 bits per heavy atom. The highest BCUT2D eigenvalue weighted by Gasteiger charge is 2.49. The Kier molecular flexibility index (Phi) is 3.66. The first-order valence-electron chi connectivity index (χ1n) is 6.36. The molecular weight excluding hydrogens is 244 g/mol. The first-order chi connectivity index (χ1) is 8.93. The van der Waals surface area contributed by atoms with Crippen LogP contribution in [-0.4, -0.2) is 37.3 Å². The van der Waals surface area contributed by atoms with Gasteiger partial charge in [0.25, 0.3) is 0 Å². The van der Waals surface area contributed by atoms with Gasteiger partial charge in [-0.2, -0.15) is 0 Å². The molecule has 0 aromatic heterocycles. The summed E-state index contributed by atoms with van der Waals surface area (Å²) in [5.74, 6) is -0.316. The van der Waals surface area contributed by atoms with Crippen molar-refractivity contribution in [1.82, 2.24) is 0 Å². The second-order valence-corrected chi connectivity index (χ2v) is 5.30. The summed E-state index contributed by atoms with van der Waals surface area (Å²) in [6.07, 6.45) is 1.73. The van der Waals surface area contributed by atoms with Gasteiger partial charge in [0.15, 0.2) is 5.54 Å². The van der Waals surface area contributed by atoms with Crippen molar-refractivity contribution < 1.29 is 14.6 Å². The summed E-state index contributed by atoms with van der Waals surface area (Å²) >= 11 is 0. The zero-order valence-electron chi connectivity index (χ0n) is 11.3.